The first-order valence-corrected chi connectivity index (χ1v) is 9.01. The van der Waals surface area contributed by atoms with Crippen molar-refractivity contribution in [1.82, 2.24) is 5.32 Å². The van der Waals surface area contributed by atoms with Crippen LogP contribution in [-0.2, 0) is 6.54 Å². The molecule has 134 valence electrons. The molecule has 0 aliphatic rings. The first-order chi connectivity index (χ1) is 11.7. The number of benzene rings is 2. The third-order valence-corrected chi connectivity index (χ3v) is 4.85. The van der Waals surface area contributed by atoms with Crippen LogP contribution in [0.3, 0.4) is 0 Å². The number of carbonyl (C=O) groups is 1. The number of nitrogens with one attached hydrogen (secondary N) is 2. The number of anilines is 1. The Kier molecular flexibility index (Phi) is 6.12. The van der Waals surface area contributed by atoms with Crippen LogP contribution < -0.4 is 10.6 Å². The van der Waals surface area contributed by atoms with E-state index in [1.54, 1.807) is 12.1 Å². The van der Waals surface area contributed by atoms with Gasteiger partial charge in [-0.3, -0.25) is 4.79 Å². The quantitative estimate of drug-likeness (QED) is 0.717. The summed E-state index contributed by atoms with van der Waals surface area (Å²) < 4.78 is 0. The van der Waals surface area contributed by atoms with Crippen LogP contribution in [0.5, 0.6) is 0 Å². The summed E-state index contributed by atoms with van der Waals surface area (Å²) in [5, 5.41) is 6.84. The van der Waals surface area contributed by atoms with E-state index in [4.69, 9.17) is 11.6 Å². The minimum absolute atomic E-state index is 0.141. The molecule has 1 amide bonds. The highest BCUT2D eigenvalue weighted by atomic mass is 35.5. The Balaban J connectivity index is 2.09. The summed E-state index contributed by atoms with van der Waals surface area (Å²) in [5.74, 6) is -0.141. The van der Waals surface area contributed by atoms with Gasteiger partial charge in [-0.25, -0.2) is 0 Å². The summed E-state index contributed by atoms with van der Waals surface area (Å²) in [6.07, 6.45) is 0.853. The molecule has 0 bridgehead atoms. The van der Waals surface area contributed by atoms with Crippen LogP contribution in [0.15, 0.2) is 36.4 Å². The third-order valence-electron chi connectivity index (χ3n) is 4.54. The van der Waals surface area contributed by atoms with Crippen molar-refractivity contribution >= 4 is 23.2 Å². The standard InChI is InChI=1S/C21H27ClN2O/c1-6-21(4,5)24-20(25)18-10-9-17(12-19(18)22)23-13-16-11-14(2)7-8-15(16)3/h7-12,23H,6,13H2,1-5H3,(H,24,25). The van der Waals surface area contributed by atoms with E-state index >= 15 is 0 Å². The largest absolute Gasteiger partial charge is 0.381 e. The summed E-state index contributed by atoms with van der Waals surface area (Å²) in [6.45, 7) is 11.0. The molecular weight excluding hydrogens is 332 g/mol. The first-order valence-electron chi connectivity index (χ1n) is 8.64. The summed E-state index contributed by atoms with van der Waals surface area (Å²) >= 11 is 6.33. The van der Waals surface area contributed by atoms with Gasteiger partial charge in [-0.2, -0.15) is 0 Å². The summed E-state index contributed by atoms with van der Waals surface area (Å²) in [7, 11) is 0. The van der Waals surface area contributed by atoms with Gasteiger partial charge in [0.25, 0.3) is 5.91 Å². The molecule has 0 saturated heterocycles. The van der Waals surface area contributed by atoms with Crippen LogP contribution in [0.4, 0.5) is 5.69 Å². The molecule has 2 N–H and O–H groups in total. The molecular formula is C21H27ClN2O. The monoisotopic (exact) mass is 358 g/mol. The molecule has 4 heteroatoms. The molecule has 0 radical (unpaired) electrons. The Morgan fingerprint density at radius 3 is 2.48 bits per heavy atom. The van der Waals surface area contributed by atoms with Crippen molar-refractivity contribution in [3.8, 4) is 0 Å². The molecule has 0 aliphatic heterocycles. The molecule has 2 rings (SSSR count). The molecule has 2 aromatic carbocycles. The van der Waals surface area contributed by atoms with E-state index in [0.717, 1.165) is 18.7 Å². The number of amides is 1. The topological polar surface area (TPSA) is 41.1 Å². The Morgan fingerprint density at radius 2 is 1.84 bits per heavy atom. The predicted octanol–water partition coefficient (Wildman–Crippen LogP) is 5.49. The molecule has 0 fully saturated rings. The lowest BCUT2D eigenvalue weighted by Crippen LogP contribution is -2.42. The number of hydrogen-bond donors (Lipinski definition) is 2. The Bertz CT molecular complexity index is 768. The van der Waals surface area contributed by atoms with Crippen LogP contribution in [0.2, 0.25) is 5.02 Å². The second-order valence-corrected chi connectivity index (χ2v) is 7.58. The lowest BCUT2D eigenvalue weighted by molar-refractivity contribution is 0.0911. The van der Waals surface area contributed by atoms with Gasteiger partial charge in [-0.05, 0) is 63.4 Å². The lowest BCUT2D eigenvalue weighted by atomic mass is 10.0. The Hall–Kier alpha value is -2.00. The van der Waals surface area contributed by atoms with Crippen molar-refractivity contribution < 1.29 is 4.79 Å². The average molecular weight is 359 g/mol. The smallest absolute Gasteiger partial charge is 0.253 e. The molecule has 0 aromatic heterocycles. The van der Waals surface area contributed by atoms with Crippen LogP contribution >= 0.6 is 11.6 Å². The molecule has 0 aliphatic carbocycles. The fourth-order valence-electron chi connectivity index (χ4n) is 2.46. The molecule has 3 nitrogen and oxygen atoms in total. The lowest BCUT2D eigenvalue weighted by Gasteiger charge is -2.24. The molecule has 0 saturated carbocycles. The minimum atomic E-state index is -0.250. The highest BCUT2D eigenvalue weighted by molar-refractivity contribution is 6.34. The Labute approximate surface area is 155 Å². The highest BCUT2D eigenvalue weighted by Crippen LogP contribution is 2.23. The third kappa shape index (κ3) is 5.23. The molecule has 0 spiro atoms. The van der Waals surface area contributed by atoms with Gasteiger partial charge in [0.05, 0.1) is 10.6 Å². The highest BCUT2D eigenvalue weighted by Gasteiger charge is 2.20. The van der Waals surface area contributed by atoms with E-state index in [2.05, 4.69) is 42.7 Å². The fourth-order valence-corrected chi connectivity index (χ4v) is 2.73. The summed E-state index contributed by atoms with van der Waals surface area (Å²) in [6, 6.07) is 11.9. The van der Waals surface area contributed by atoms with E-state index in [-0.39, 0.29) is 11.4 Å². The summed E-state index contributed by atoms with van der Waals surface area (Å²) in [5.41, 5.74) is 4.90. The second-order valence-electron chi connectivity index (χ2n) is 7.17. The van der Waals surface area contributed by atoms with Crippen LogP contribution in [0.25, 0.3) is 0 Å². The van der Waals surface area contributed by atoms with E-state index in [1.165, 1.54) is 16.7 Å². The number of carbonyl (C=O) groups excluding carboxylic acids is 1. The molecule has 2 aromatic rings. The maximum absolute atomic E-state index is 12.4. The predicted molar refractivity (Wildman–Crippen MR) is 107 cm³/mol. The minimum Gasteiger partial charge on any atom is -0.381 e. The van der Waals surface area contributed by atoms with Crippen molar-refractivity contribution in [2.75, 3.05) is 5.32 Å². The maximum atomic E-state index is 12.4. The number of aryl methyl sites for hydroxylation is 2. The maximum Gasteiger partial charge on any atom is 0.253 e. The second kappa shape index (κ2) is 7.92. The van der Waals surface area contributed by atoms with Gasteiger partial charge >= 0.3 is 0 Å². The van der Waals surface area contributed by atoms with E-state index in [0.29, 0.717) is 10.6 Å². The zero-order chi connectivity index (χ0) is 18.6. The van der Waals surface area contributed by atoms with Crippen molar-refractivity contribution in [1.29, 1.82) is 0 Å². The zero-order valence-corrected chi connectivity index (χ0v) is 16.4. The van der Waals surface area contributed by atoms with E-state index in [1.807, 2.05) is 26.8 Å². The normalized spacial score (nSPS) is 11.3. The fraction of sp³-hybridized carbons (Fsp3) is 0.381. The summed E-state index contributed by atoms with van der Waals surface area (Å²) in [4.78, 5) is 12.4. The first kappa shape index (κ1) is 19.3. The molecule has 0 unspecified atom stereocenters. The van der Waals surface area contributed by atoms with Gasteiger partial charge in [-0.1, -0.05) is 42.3 Å². The number of rotatable bonds is 6. The van der Waals surface area contributed by atoms with Crippen molar-refractivity contribution in [2.45, 2.75) is 53.1 Å². The van der Waals surface area contributed by atoms with Gasteiger partial charge in [-0.15, -0.1) is 0 Å². The van der Waals surface area contributed by atoms with Gasteiger partial charge < -0.3 is 10.6 Å². The number of hydrogen-bond acceptors (Lipinski definition) is 2. The van der Waals surface area contributed by atoms with Gasteiger partial charge in [0.15, 0.2) is 0 Å². The molecule has 0 heterocycles. The van der Waals surface area contributed by atoms with Gasteiger partial charge in [0.2, 0.25) is 0 Å². The van der Waals surface area contributed by atoms with Crippen LogP contribution in [0, 0.1) is 13.8 Å². The van der Waals surface area contributed by atoms with Gasteiger partial charge in [0.1, 0.15) is 0 Å². The van der Waals surface area contributed by atoms with Crippen molar-refractivity contribution in [3.63, 3.8) is 0 Å². The van der Waals surface area contributed by atoms with Crippen LogP contribution in [-0.4, -0.2) is 11.4 Å². The van der Waals surface area contributed by atoms with Crippen molar-refractivity contribution in [2.24, 2.45) is 0 Å². The molecule has 0 atom stereocenters. The number of halogens is 1. The Morgan fingerprint density at radius 1 is 1.12 bits per heavy atom. The van der Waals surface area contributed by atoms with E-state index in [9.17, 15) is 4.79 Å². The molecule has 25 heavy (non-hydrogen) atoms. The van der Waals surface area contributed by atoms with E-state index < -0.39 is 0 Å². The van der Waals surface area contributed by atoms with Crippen LogP contribution in [0.1, 0.15) is 54.2 Å². The SMILES string of the molecule is CCC(C)(C)NC(=O)c1ccc(NCc2cc(C)ccc2C)cc1Cl. The zero-order valence-electron chi connectivity index (χ0n) is 15.7. The average Bonchev–Trinajstić information content (AvgIpc) is 2.55. The van der Waals surface area contributed by atoms with Crippen molar-refractivity contribution in [3.05, 3.63) is 63.7 Å². The van der Waals surface area contributed by atoms with Gasteiger partial charge in [0, 0.05) is 17.8 Å².